The van der Waals surface area contributed by atoms with Crippen molar-refractivity contribution in [3.05, 3.63) is 35.9 Å². The van der Waals surface area contributed by atoms with Crippen molar-refractivity contribution in [2.75, 3.05) is 22.8 Å². The summed E-state index contributed by atoms with van der Waals surface area (Å²) in [5.74, 6) is 1.32. The predicted molar refractivity (Wildman–Crippen MR) is 89.0 cm³/mol. The summed E-state index contributed by atoms with van der Waals surface area (Å²) in [6.45, 7) is 5.42. The Kier molecular flexibility index (Phi) is 4.93. The first kappa shape index (κ1) is 15.9. The molecule has 1 aromatic rings. The molecule has 2 rings (SSSR count). The first-order valence-corrected chi connectivity index (χ1v) is 9.20. The Morgan fingerprint density at radius 3 is 2.38 bits per heavy atom. The fraction of sp³-hybridized carbons (Fsp3) is 0.500. The number of sulfonamides is 1. The third-order valence-corrected chi connectivity index (χ3v) is 4.27. The number of nitrogens with one attached hydrogen (secondary N) is 2. The molecule has 21 heavy (non-hydrogen) atoms. The lowest BCUT2D eigenvalue weighted by Crippen LogP contribution is -2.20. The summed E-state index contributed by atoms with van der Waals surface area (Å²) in [5, 5.41) is 3.44. The van der Waals surface area contributed by atoms with Crippen LogP contribution < -0.4 is 10.0 Å². The van der Waals surface area contributed by atoms with E-state index in [1.54, 1.807) is 12.1 Å². The number of rotatable bonds is 5. The van der Waals surface area contributed by atoms with Crippen LogP contribution in [-0.4, -0.2) is 21.2 Å². The summed E-state index contributed by atoms with van der Waals surface area (Å²) < 4.78 is 24.8. The van der Waals surface area contributed by atoms with Crippen LogP contribution >= 0.6 is 0 Å². The van der Waals surface area contributed by atoms with E-state index in [9.17, 15) is 8.42 Å². The van der Waals surface area contributed by atoms with Crippen molar-refractivity contribution in [1.29, 1.82) is 0 Å². The molecule has 2 N–H and O–H groups in total. The lowest BCUT2D eigenvalue weighted by atomic mass is 9.84. The first-order chi connectivity index (χ1) is 9.82. The van der Waals surface area contributed by atoms with E-state index in [1.807, 2.05) is 12.1 Å². The fourth-order valence-corrected chi connectivity index (χ4v) is 3.54. The summed E-state index contributed by atoms with van der Waals surface area (Å²) in [5.41, 5.74) is 3.09. The molecule has 1 aliphatic carbocycles. The molecule has 0 saturated carbocycles. The largest absolute Gasteiger partial charge is 0.385 e. The molecule has 0 saturated heterocycles. The summed E-state index contributed by atoms with van der Waals surface area (Å²) in [6, 6.07) is 7.36. The zero-order valence-electron chi connectivity index (χ0n) is 12.9. The van der Waals surface area contributed by atoms with Crippen molar-refractivity contribution in [1.82, 2.24) is 0 Å². The Morgan fingerprint density at radius 1 is 1.19 bits per heavy atom. The van der Waals surface area contributed by atoms with Crippen LogP contribution in [0.1, 0.15) is 26.7 Å². The van der Waals surface area contributed by atoms with Gasteiger partial charge in [-0.25, -0.2) is 8.42 Å². The molecule has 0 spiro atoms. The highest BCUT2D eigenvalue weighted by atomic mass is 32.2. The zero-order chi connectivity index (χ0) is 15.5. The van der Waals surface area contributed by atoms with E-state index in [0.717, 1.165) is 24.9 Å². The van der Waals surface area contributed by atoms with Crippen LogP contribution in [0.2, 0.25) is 0 Å². The van der Waals surface area contributed by atoms with Gasteiger partial charge in [0.25, 0.3) is 0 Å². The number of hydrogen-bond acceptors (Lipinski definition) is 3. The fourth-order valence-electron chi connectivity index (χ4n) is 2.97. The van der Waals surface area contributed by atoms with Crippen molar-refractivity contribution in [2.24, 2.45) is 11.8 Å². The summed E-state index contributed by atoms with van der Waals surface area (Å²) >= 11 is 0. The van der Waals surface area contributed by atoms with Gasteiger partial charge >= 0.3 is 0 Å². The van der Waals surface area contributed by atoms with Crippen LogP contribution in [0, 0.1) is 11.8 Å². The van der Waals surface area contributed by atoms with Crippen molar-refractivity contribution in [2.45, 2.75) is 26.7 Å². The molecule has 0 heterocycles. The molecule has 116 valence electrons. The molecule has 0 amide bonds. The normalized spacial score (nSPS) is 22.5. The topological polar surface area (TPSA) is 58.2 Å². The number of hydrogen-bond donors (Lipinski definition) is 2. The molecule has 0 aliphatic heterocycles. The van der Waals surface area contributed by atoms with Gasteiger partial charge in [-0.1, -0.05) is 18.6 Å². The molecule has 0 bridgehead atoms. The Balaban J connectivity index is 1.88. The maximum absolute atomic E-state index is 11.1. The average molecular weight is 308 g/mol. The standard InChI is InChI=1S/C16H24N2O2S/c1-12-8-13(2)10-14(9-12)11-17-15-4-6-16(7-5-15)18-21(3,19)20/h4-8,12,14,17-18H,9-11H2,1-3H3. The minimum atomic E-state index is -3.21. The number of allylic oxidation sites excluding steroid dienone is 2. The predicted octanol–water partition coefficient (Wildman–Crippen LogP) is 3.46. The molecule has 0 fully saturated rings. The smallest absolute Gasteiger partial charge is 0.229 e. The molecular formula is C16H24N2O2S. The molecule has 2 unspecified atom stereocenters. The third kappa shape index (κ3) is 5.42. The van der Waals surface area contributed by atoms with Gasteiger partial charge < -0.3 is 5.32 Å². The summed E-state index contributed by atoms with van der Waals surface area (Å²) in [4.78, 5) is 0. The average Bonchev–Trinajstić information content (AvgIpc) is 2.35. The Labute approximate surface area is 127 Å². The maximum atomic E-state index is 11.1. The molecule has 0 aromatic heterocycles. The van der Waals surface area contributed by atoms with Gasteiger partial charge in [0.2, 0.25) is 10.0 Å². The minimum absolute atomic E-state index is 0.591. The monoisotopic (exact) mass is 308 g/mol. The second-order valence-corrected chi connectivity index (χ2v) is 7.88. The van der Waals surface area contributed by atoms with E-state index in [4.69, 9.17) is 0 Å². The molecular weight excluding hydrogens is 284 g/mol. The maximum Gasteiger partial charge on any atom is 0.229 e. The van der Waals surface area contributed by atoms with Gasteiger partial charge in [0, 0.05) is 17.9 Å². The van der Waals surface area contributed by atoms with E-state index < -0.39 is 10.0 Å². The molecule has 5 heteroatoms. The van der Waals surface area contributed by atoms with Gasteiger partial charge in [-0.3, -0.25) is 4.72 Å². The molecule has 0 radical (unpaired) electrons. The van der Waals surface area contributed by atoms with Crippen LogP contribution in [-0.2, 0) is 10.0 Å². The van der Waals surface area contributed by atoms with Crippen molar-refractivity contribution < 1.29 is 8.42 Å². The third-order valence-electron chi connectivity index (χ3n) is 3.67. The van der Waals surface area contributed by atoms with Crippen LogP contribution in [0.4, 0.5) is 11.4 Å². The summed E-state index contributed by atoms with van der Waals surface area (Å²) in [6.07, 6.45) is 5.89. The quantitative estimate of drug-likeness (QED) is 0.819. The first-order valence-electron chi connectivity index (χ1n) is 7.31. The van der Waals surface area contributed by atoms with E-state index in [1.165, 1.54) is 12.0 Å². The zero-order valence-corrected chi connectivity index (χ0v) is 13.7. The molecule has 4 nitrogen and oxygen atoms in total. The van der Waals surface area contributed by atoms with Gasteiger partial charge in [0.1, 0.15) is 0 Å². The van der Waals surface area contributed by atoms with E-state index in [-0.39, 0.29) is 0 Å². The van der Waals surface area contributed by atoms with Gasteiger partial charge in [-0.05, 0) is 55.9 Å². The molecule has 2 atom stereocenters. The lowest BCUT2D eigenvalue weighted by Gasteiger charge is -2.26. The Bertz CT molecular complexity index is 606. The van der Waals surface area contributed by atoms with Crippen LogP contribution in [0.25, 0.3) is 0 Å². The highest BCUT2D eigenvalue weighted by Gasteiger charge is 2.17. The van der Waals surface area contributed by atoms with Gasteiger partial charge in [0.05, 0.1) is 6.26 Å². The van der Waals surface area contributed by atoms with Crippen molar-refractivity contribution in [3.63, 3.8) is 0 Å². The summed E-state index contributed by atoms with van der Waals surface area (Å²) in [7, 11) is -3.21. The Hall–Kier alpha value is -1.49. The van der Waals surface area contributed by atoms with Gasteiger partial charge in [-0.15, -0.1) is 0 Å². The minimum Gasteiger partial charge on any atom is -0.385 e. The van der Waals surface area contributed by atoms with Crippen molar-refractivity contribution >= 4 is 21.4 Å². The van der Waals surface area contributed by atoms with Gasteiger partial charge in [-0.2, -0.15) is 0 Å². The second kappa shape index (κ2) is 6.52. The highest BCUT2D eigenvalue weighted by Crippen LogP contribution is 2.28. The van der Waals surface area contributed by atoms with Crippen LogP contribution in [0.5, 0.6) is 0 Å². The number of benzene rings is 1. The highest BCUT2D eigenvalue weighted by molar-refractivity contribution is 7.92. The second-order valence-electron chi connectivity index (χ2n) is 6.13. The molecule has 1 aliphatic rings. The number of anilines is 2. The van der Waals surface area contributed by atoms with Crippen LogP contribution in [0.15, 0.2) is 35.9 Å². The van der Waals surface area contributed by atoms with E-state index in [0.29, 0.717) is 17.5 Å². The Morgan fingerprint density at radius 2 is 1.81 bits per heavy atom. The molecule has 1 aromatic carbocycles. The van der Waals surface area contributed by atoms with Crippen LogP contribution in [0.3, 0.4) is 0 Å². The van der Waals surface area contributed by atoms with Gasteiger partial charge in [0.15, 0.2) is 0 Å². The van der Waals surface area contributed by atoms with Crippen molar-refractivity contribution in [3.8, 4) is 0 Å². The SMILES string of the molecule is CC1=CC(C)CC(CNc2ccc(NS(C)(=O)=O)cc2)C1. The lowest BCUT2D eigenvalue weighted by molar-refractivity contribution is 0.421. The van der Waals surface area contributed by atoms with E-state index in [2.05, 4.69) is 30.0 Å². The van der Waals surface area contributed by atoms with E-state index >= 15 is 0 Å².